The van der Waals surface area contributed by atoms with Crippen molar-refractivity contribution in [1.29, 1.82) is 0 Å². The molecule has 10 heteroatoms. The third-order valence-electron chi connectivity index (χ3n) is 2.97. The van der Waals surface area contributed by atoms with E-state index in [1.807, 2.05) is 12.3 Å². The number of nitrogens with one attached hydrogen (secondary N) is 1. The molecule has 0 saturated heterocycles. The Morgan fingerprint density at radius 2 is 1.79 bits per heavy atom. The molecular weight excluding hydrogens is 431 g/mol. The van der Waals surface area contributed by atoms with Crippen molar-refractivity contribution in [3.8, 4) is 10.6 Å². The zero-order valence-corrected chi connectivity index (χ0v) is 16.7. The second-order valence-corrected chi connectivity index (χ2v) is 10.00. The first kappa shape index (κ1) is 18.0. The lowest BCUT2D eigenvalue weighted by Gasteiger charge is -2.09. The lowest BCUT2D eigenvalue weighted by Crippen LogP contribution is -2.11. The maximum Gasteiger partial charge on any atom is 0.271 e. The molecule has 0 aliphatic heterocycles. The van der Waals surface area contributed by atoms with E-state index in [-0.39, 0.29) is 25.0 Å². The van der Waals surface area contributed by atoms with E-state index in [2.05, 4.69) is 9.71 Å². The first-order valence-electron chi connectivity index (χ1n) is 6.46. The topological polar surface area (TPSA) is 59.1 Å². The zero-order valence-electron chi connectivity index (χ0n) is 12.0. The van der Waals surface area contributed by atoms with Crippen LogP contribution in [0.15, 0.2) is 33.9 Å². The predicted molar refractivity (Wildman–Crippen MR) is 102 cm³/mol. The van der Waals surface area contributed by atoms with Crippen LogP contribution in [0.3, 0.4) is 0 Å². The van der Waals surface area contributed by atoms with Gasteiger partial charge in [-0.2, -0.15) is 0 Å². The molecule has 0 saturated carbocycles. The number of hydrogen-bond donors (Lipinski definition) is 1. The first-order chi connectivity index (χ1) is 11.3. The Balaban J connectivity index is 1.92. The van der Waals surface area contributed by atoms with Crippen LogP contribution in [-0.4, -0.2) is 13.4 Å². The molecular formula is C14H9Cl3N2O2S3. The van der Waals surface area contributed by atoms with Crippen molar-refractivity contribution in [1.82, 2.24) is 4.98 Å². The molecule has 2 aromatic heterocycles. The number of halogens is 3. The molecule has 0 amide bonds. The van der Waals surface area contributed by atoms with Crippen molar-refractivity contribution in [2.24, 2.45) is 0 Å². The van der Waals surface area contributed by atoms with Crippen LogP contribution in [0.5, 0.6) is 0 Å². The molecule has 0 bridgehead atoms. The van der Waals surface area contributed by atoms with Crippen molar-refractivity contribution in [2.75, 3.05) is 4.72 Å². The van der Waals surface area contributed by atoms with E-state index in [4.69, 9.17) is 34.8 Å². The van der Waals surface area contributed by atoms with Crippen LogP contribution in [0, 0.1) is 6.92 Å². The van der Waals surface area contributed by atoms with Gasteiger partial charge in [-0.05, 0) is 31.2 Å². The highest BCUT2D eigenvalue weighted by Crippen LogP contribution is 2.36. The highest BCUT2D eigenvalue weighted by Gasteiger charge is 2.20. The Bertz CT molecular complexity index is 1010. The fourth-order valence-electron chi connectivity index (χ4n) is 1.87. The summed E-state index contributed by atoms with van der Waals surface area (Å²) in [5, 5.41) is 3.44. The molecule has 0 fully saturated rings. The molecule has 1 N–H and O–H groups in total. The number of sulfonamides is 1. The summed E-state index contributed by atoms with van der Waals surface area (Å²) >= 11 is 20.4. The van der Waals surface area contributed by atoms with Crippen molar-refractivity contribution in [3.63, 3.8) is 0 Å². The van der Waals surface area contributed by atoms with Gasteiger partial charge in [0.15, 0.2) is 0 Å². The molecule has 24 heavy (non-hydrogen) atoms. The van der Waals surface area contributed by atoms with Crippen molar-refractivity contribution < 1.29 is 8.42 Å². The summed E-state index contributed by atoms with van der Waals surface area (Å²) in [4.78, 5) is 5.13. The third-order valence-corrected chi connectivity index (χ3v) is 7.75. The van der Waals surface area contributed by atoms with Crippen LogP contribution in [0.2, 0.25) is 15.1 Å². The van der Waals surface area contributed by atoms with E-state index in [1.165, 1.54) is 29.5 Å². The molecule has 0 aliphatic rings. The van der Waals surface area contributed by atoms with Gasteiger partial charge in [-0.15, -0.1) is 22.7 Å². The van der Waals surface area contributed by atoms with Crippen LogP contribution < -0.4 is 4.72 Å². The third kappa shape index (κ3) is 3.71. The molecule has 3 rings (SSSR count). The molecule has 3 aromatic rings. The molecule has 4 nitrogen and oxygen atoms in total. The minimum absolute atomic E-state index is 0.158. The predicted octanol–water partition coefficient (Wildman–Crippen LogP) is 5.94. The van der Waals surface area contributed by atoms with Crippen LogP contribution in [0.4, 0.5) is 5.69 Å². The summed E-state index contributed by atoms with van der Waals surface area (Å²) in [6.45, 7) is 1.90. The minimum atomic E-state index is -3.79. The van der Waals surface area contributed by atoms with E-state index in [0.29, 0.717) is 0 Å². The smallest absolute Gasteiger partial charge is 0.271 e. The van der Waals surface area contributed by atoms with Gasteiger partial charge in [0.1, 0.15) is 4.21 Å². The van der Waals surface area contributed by atoms with Gasteiger partial charge in [-0.3, -0.25) is 4.72 Å². The maximum atomic E-state index is 12.5. The van der Waals surface area contributed by atoms with Crippen molar-refractivity contribution in [3.05, 3.63) is 49.7 Å². The number of hydrogen-bond acceptors (Lipinski definition) is 5. The molecule has 1 aromatic carbocycles. The van der Waals surface area contributed by atoms with Gasteiger partial charge in [0.05, 0.1) is 36.3 Å². The molecule has 2 heterocycles. The highest BCUT2D eigenvalue weighted by molar-refractivity contribution is 7.94. The summed E-state index contributed by atoms with van der Waals surface area (Å²) in [6, 6.07) is 6.02. The highest BCUT2D eigenvalue weighted by atomic mass is 35.5. The van der Waals surface area contributed by atoms with Gasteiger partial charge in [-0.25, -0.2) is 13.4 Å². The number of benzene rings is 1. The summed E-state index contributed by atoms with van der Waals surface area (Å²) < 4.78 is 27.7. The number of anilines is 1. The lowest BCUT2D eigenvalue weighted by atomic mass is 10.3. The van der Waals surface area contributed by atoms with Crippen molar-refractivity contribution >= 4 is 73.2 Å². The first-order valence-corrected chi connectivity index (χ1v) is 10.8. The Morgan fingerprint density at radius 1 is 1.08 bits per heavy atom. The van der Waals surface area contributed by atoms with Gasteiger partial charge >= 0.3 is 0 Å². The summed E-state index contributed by atoms with van der Waals surface area (Å²) in [6.07, 6.45) is 0. The monoisotopic (exact) mass is 438 g/mol. The van der Waals surface area contributed by atoms with Gasteiger partial charge in [0, 0.05) is 5.38 Å². The van der Waals surface area contributed by atoms with Crippen molar-refractivity contribution in [2.45, 2.75) is 11.1 Å². The second kappa shape index (κ2) is 6.82. The number of thiazole rings is 1. The van der Waals surface area contributed by atoms with Gasteiger partial charge in [-0.1, -0.05) is 34.8 Å². The number of rotatable bonds is 4. The summed E-state index contributed by atoms with van der Waals surface area (Å²) in [5.74, 6) is 0. The van der Waals surface area contributed by atoms with Gasteiger partial charge in [0.25, 0.3) is 10.0 Å². The Morgan fingerprint density at radius 3 is 2.46 bits per heavy atom. The Hall–Kier alpha value is -0.830. The second-order valence-electron chi connectivity index (χ2n) is 4.72. The average molecular weight is 440 g/mol. The molecule has 0 radical (unpaired) electrons. The lowest BCUT2D eigenvalue weighted by molar-refractivity contribution is 0.603. The van der Waals surface area contributed by atoms with E-state index in [0.717, 1.165) is 26.9 Å². The van der Waals surface area contributed by atoms with E-state index < -0.39 is 10.0 Å². The molecule has 0 aliphatic carbocycles. The summed E-state index contributed by atoms with van der Waals surface area (Å²) in [5.41, 5.74) is 0.932. The zero-order chi connectivity index (χ0) is 17.5. The minimum Gasteiger partial charge on any atom is -0.277 e. The standard InChI is InChI=1S/C14H9Cl3N2O2S3/c1-7-18-12(6-22-7)13-2-3-14(23-13)24(20,21)19-11-5-9(16)8(15)4-10(11)17/h2-6,19H,1H3. The normalized spacial score (nSPS) is 11.7. The van der Waals surface area contributed by atoms with Crippen LogP contribution in [0.25, 0.3) is 10.6 Å². The quantitative estimate of drug-likeness (QED) is 0.512. The SMILES string of the molecule is Cc1nc(-c2ccc(S(=O)(=O)Nc3cc(Cl)c(Cl)cc3Cl)s2)cs1. The average Bonchev–Trinajstić information content (AvgIpc) is 3.13. The van der Waals surface area contributed by atoms with Crippen LogP contribution in [0.1, 0.15) is 5.01 Å². The molecule has 0 atom stereocenters. The number of nitrogens with zero attached hydrogens (tertiary/aromatic N) is 1. The van der Waals surface area contributed by atoms with Gasteiger partial charge < -0.3 is 0 Å². The van der Waals surface area contributed by atoms with E-state index in [9.17, 15) is 8.42 Å². The fourth-order valence-corrected chi connectivity index (χ4v) is 5.55. The number of aryl methyl sites for hydroxylation is 1. The van der Waals surface area contributed by atoms with E-state index >= 15 is 0 Å². The Labute approximate surface area is 162 Å². The molecule has 0 unspecified atom stereocenters. The maximum absolute atomic E-state index is 12.5. The Kier molecular flexibility index (Phi) is 5.11. The van der Waals surface area contributed by atoms with Gasteiger partial charge in [0.2, 0.25) is 0 Å². The number of aromatic nitrogens is 1. The fraction of sp³-hybridized carbons (Fsp3) is 0.0714. The van der Waals surface area contributed by atoms with E-state index in [1.54, 1.807) is 6.07 Å². The largest absolute Gasteiger partial charge is 0.277 e. The molecule has 126 valence electrons. The molecule has 0 spiro atoms. The summed E-state index contributed by atoms with van der Waals surface area (Å²) in [7, 11) is -3.79. The van der Waals surface area contributed by atoms with Crippen LogP contribution in [-0.2, 0) is 10.0 Å². The number of thiophene rings is 1. The van der Waals surface area contributed by atoms with Crippen LogP contribution >= 0.6 is 57.5 Å².